The van der Waals surface area contributed by atoms with Crippen LogP contribution in [0.15, 0.2) is 41.0 Å². The van der Waals surface area contributed by atoms with Gasteiger partial charge in [0, 0.05) is 11.4 Å². The van der Waals surface area contributed by atoms with Crippen LogP contribution < -0.4 is 5.73 Å². The minimum Gasteiger partial charge on any atom is -0.398 e. The highest BCUT2D eigenvalue weighted by atomic mass is 79.9. The molecule has 0 atom stereocenters. The predicted octanol–water partition coefficient (Wildman–Crippen LogP) is 3.13. The van der Waals surface area contributed by atoms with E-state index in [0.29, 0.717) is 6.54 Å². The number of hydrogen-bond acceptors (Lipinski definition) is 3. The molecule has 0 bridgehead atoms. The Labute approximate surface area is 119 Å². The number of halogens is 1. The van der Waals surface area contributed by atoms with E-state index in [1.54, 1.807) is 0 Å². The molecule has 4 nitrogen and oxygen atoms in total. The van der Waals surface area contributed by atoms with E-state index in [1.165, 1.54) is 0 Å². The fourth-order valence-electron chi connectivity index (χ4n) is 2.17. The van der Waals surface area contributed by atoms with Gasteiger partial charge in [-0.1, -0.05) is 12.1 Å². The number of benzene rings is 1. The molecule has 2 aromatic heterocycles. The first-order chi connectivity index (χ1) is 9.15. The largest absolute Gasteiger partial charge is 0.398 e. The molecule has 0 saturated heterocycles. The van der Waals surface area contributed by atoms with Gasteiger partial charge in [0.05, 0.1) is 23.1 Å². The average molecular weight is 317 g/mol. The van der Waals surface area contributed by atoms with Gasteiger partial charge < -0.3 is 5.73 Å². The van der Waals surface area contributed by atoms with Crippen LogP contribution in [0.3, 0.4) is 0 Å². The first-order valence-electron chi connectivity index (χ1n) is 5.98. The van der Waals surface area contributed by atoms with Crippen LogP contribution >= 0.6 is 15.9 Å². The van der Waals surface area contributed by atoms with Crippen molar-refractivity contribution in [1.29, 1.82) is 0 Å². The number of anilines is 1. The van der Waals surface area contributed by atoms with Crippen molar-refractivity contribution in [2.75, 3.05) is 5.73 Å². The maximum Gasteiger partial charge on any atom is 0.138 e. The standard InChI is InChI=1S/C14H13BrN4/c1-9-4-2-5-10(17-9)8-19-12-7-3-6-11(16)13(12)14(15)18-19/h2-7H,8,16H2,1H3. The lowest BCUT2D eigenvalue weighted by atomic mass is 10.2. The molecular formula is C14H13BrN4. The molecule has 0 amide bonds. The number of rotatable bonds is 2. The highest BCUT2D eigenvalue weighted by molar-refractivity contribution is 9.10. The fraction of sp³-hybridized carbons (Fsp3) is 0.143. The van der Waals surface area contributed by atoms with Crippen molar-refractivity contribution in [2.24, 2.45) is 0 Å². The third kappa shape index (κ3) is 2.21. The van der Waals surface area contributed by atoms with Crippen LogP contribution in [0, 0.1) is 6.92 Å². The van der Waals surface area contributed by atoms with Crippen LogP contribution in [-0.4, -0.2) is 14.8 Å². The van der Waals surface area contributed by atoms with Crippen molar-refractivity contribution in [3.63, 3.8) is 0 Å². The molecule has 0 unspecified atom stereocenters. The summed E-state index contributed by atoms with van der Waals surface area (Å²) in [5.74, 6) is 0. The van der Waals surface area contributed by atoms with E-state index in [4.69, 9.17) is 5.73 Å². The van der Waals surface area contributed by atoms with Gasteiger partial charge in [-0.3, -0.25) is 9.67 Å². The molecule has 0 saturated carbocycles. The van der Waals surface area contributed by atoms with E-state index >= 15 is 0 Å². The van der Waals surface area contributed by atoms with Crippen molar-refractivity contribution in [3.05, 3.63) is 52.4 Å². The van der Waals surface area contributed by atoms with Crippen LogP contribution in [-0.2, 0) is 6.54 Å². The average Bonchev–Trinajstić information content (AvgIpc) is 2.68. The summed E-state index contributed by atoms with van der Waals surface area (Å²) in [6.07, 6.45) is 0. The topological polar surface area (TPSA) is 56.7 Å². The van der Waals surface area contributed by atoms with Crippen molar-refractivity contribution in [1.82, 2.24) is 14.8 Å². The number of aryl methyl sites for hydroxylation is 1. The Morgan fingerprint density at radius 1 is 1.21 bits per heavy atom. The number of pyridine rings is 1. The Morgan fingerprint density at radius 3 is 2.79 bits per heavy atom. The second-order valence-electron chi connectivity index (χ2n) is 4.46. The normalized spacial score (nSPS) is 11.1. The molecule has 0 aliphatic heterocycles. The molecule has 1 aromatic carbocycles. The van der Waals surface area contributed by atoms with Gasteiger partial charge in [0.2, 0.25) is 0 Å². The summed E-state index contributed by atoms with van der Waals surface area (Å²) < 4.78 is 2.69. The van der Waals surface area contributed by atoms with Gasteiger partial charge >= 0.3 is 0 Å². The van der Waals surface area contributed by atoms with Gasteiger partial charge in [0.1, 0.15) is 4.60 Å². The Hall–Kier alpha value is -1.88. The summed E-state index contributed by atoms with van der Waals surface area (Å²) in [4.78, 5) is 4.50. The molecule has 19 heavy (non-hydrogen) atoms. The quantitative estimate of drug-likeness (QED) is 0.739. The zero-order chi connectivity index (χ0) is 13.4. The third-order valence-corrected chi connectivity index (χ3v) is 3.58. The highest BCUT2D eigenvalue weighted by Crippen LogP contribution is 2.28. The van der Waals surface area contributed by atoms with Crippen molar-refractivity contribution in [3.8, 4) is 0 Å². The van der Waals surface area contributed by atoms with E-state index < -0.39 is 0 Å². The SMILES string of the molecule is Cc1cccc(Cn2nc(Br)c3c(N)cccc32)n1. The second kappa shape index (κ2) is 4.66. The Bertz CT molecular complexity index is 748. The molecule has 0 spiro atoms. The first-order valence-corrected chi connectivity index (χ1v) is 6.77. The zero-order valence-electron chi connectivity index (χ0n) is 10.5. The van der Waals surface area contributed by atoms with Gasteiger partial charge in [-0.2, -0.15) is 5.10 Å². The molecule has 5 heteroatoms. The predicted molar refractivity (Wildman–Crippen MR) is 79.9 cm³/mol. The number of aromatic nitrogens is 3. The lowest BCUT2D eigenvalue weighted by molar-refractivity contribution is 0.689. The fourth-order valence-corrected chi connectivity index (χ4v) is 2.79. The summed E-state index contributed by atoms with van der Waals surface area (Å²) in [6, 6.07) is 11.8. The summed E-state index contributed by atoms with van der Waals surface area (Å²) >= 11 is 3.46. The Morgan fingerprint density at radius 2 is 2.00 bits per heavy atom. The van der Waals surface area contributed by atoms with E-state index in [9.17, 15) is 0 Å². The Balaban J connectivity index is 2.09. The van der Waals surface area contributed by atoms with Gasteiger partial charge in [-0.15, -0.1) is 0 Å². The zero-order valence-corrected chi connectivity index (χ0v) is 12.1. The molecule has 3 aromatic rings. The molecular weight excluding hydrogens is 304 g/mol. The van der Waals surface area contributed by atoms with Gasteiger partial charge in [-0.05, 0) is 47.1 Å². The lowest BCUT2D eigenvalue weighted by Gasteiger charge is -2.04. The van der Waals surface area contributed by atoms with E-state index in [2.05, 4.69) is 26.0 Å². The number of fused-ring (bicyclic) bond motifs is 1. The Kier molecular flexibility index (Phi) is 2.98. The third-order valence-electron chi connectivity index (χ3n) is 3.03. The van der Waals surface area contributed by atoms with E-state index in [0.717, 1.165) is 32.6 Å². The van der Waals surface area contributed by atoms with E-state index in [1.807, 2.05) is 48.0 Å². The second-order valence-corrected chi connectivity index (χ2v) is 5.21. The van der Waals surface area contributed by atoms with Crippen LogP contribution in [0.2, 0.25) is 0 Å². The van der Waals surface area contributed by atoms with Crippen LogP contribution in [0.5, 0.6) is 0 Å². The molecule has 0 radical (unpaired) electrons. The van der Waals surface area contributed by atoms with Gasteiger partial charge in [0.15, 0.2) is 0 Å². The lowest BCUT2D eigenvalue weighted by Crippen LogP contribution is -2.04. The van der Waals surface area contributed by atoms with Gasteiger partial charge in [0.25, 0.3) is 0 Å². The molecule has 0 aliphatic rings. The van der Waals surface area contributed by atoms with Crippen LogP contribution in [0.25, 0.3) is 10.9 Å². The maximum absolute atomic E-state index is 5.99. The van der Waals surface area contributed by atoms with Crippen LogP contribution in [0.4, 0.5) is 5.69 Å². The summed E-state index contributed by atoms with van der Waals surface area (Å²) in [5, 5.41) is 5.44. The van der Waals surface area contributed by atoms with Crippen molar-refractivity contribution >= 4 is 32.5 Å². The molecule has 3 rings (SSSR count). The highest BCUT2D eigenvalue weighted by Gasteiger charge is 2.11. The first kappa shape index (κ1) is 12.2. The minimum absolute atomic E-state index is 0.632. The summed E-state index contributed by atoms with van der Waals surface area (Å²) in [5.41, 5.74) is 9.72. The van der Waals surface area contributed by atoms with Crippen molar-refractivity contribution < 1.29 is 0 Å². The van der Waals surface area contributed by atoms with Crippen molar-refractivity contribution in [2.45, 2.75) is 13.5 Å². The molecule has 2 N–H and O–H groups in total. The summed E-state index contributed by atoms with van der Waals surface area (Å²) in [7, 11) is 0. The summed E-state index contributed by atoms with van der Waals surface area (Å²) in [6.45, 7) is 2.62. The molecule has 0 fully saturated rings. The molecule has 0 aliphatic carbocycles. The number of nitrogen functional groups attached to an aromatic ring is 1. The number of hydrogen-bond donors (Lipinski definition) is 1. The number of nitrogens with zero attached hydrogens (tertiary/aromatic N) is 3. The molecule has 2 heterocycles. The molecule has 96 valence electrons. The van der Waals surface area contributed by atoms with Gasteiger partial charge in [-0.25, -0.2) is 0 Å². The maximum atomic E-state index is 5.99. The number of nitrogens with two attached hydrogens (primary N) is 1. The smallest absolute Gasteiger partial charge is 0.138 e. The monoisotopic (exact) mass is 316 g/mol. The minimum atomic E-state index is 0.632. The van der Waals surface area contributed by atoms with E-state index in [-0.39, 0.29) is 0 Å². The van der Waals surface area contributed by atoms with Crippen LogP contribution in [0.1, 0.15) is 11.4 Å².